The molecule has 1 aliphatic heterocycles. The Morgan fingerprint density at radius 3 is 2.27 bits per heavy atom. The van der Waals surface area contributed by atoms with Gasteiger partial charge < -0.3 is 14.4 Å². The maximum absolute atomic E-state index is 5.21. The van der Waals surface area contributed by atoms with Crippen molar-refractivity contribution in [1.29, 1.82) is 0 Å². The van der Waals surface area contributed by atoms with Crippen LogP contribution in [0.4, 0.5) is 0 Å². The highest BCUT2D eigenvalue weighted by atomic mass is 16.7. The molecule has 0 radical (unpaired) electrons. The standard InChI is InChI=1S/C11H24N2O2/c1-12-7-5-10(6-8-12)13(2)9-11(14-3)15-4/h10-11H,5-9H2,1-4H3. The second-order valence-corrected chi connectivity index (χ2v) is 4.37. The van der Waals surface area contributed by atoms with E-state index in [1.165, 1.54) is 25.9 Å². The van der Waals surface area contributed by atoms with Gasteiger partial charge in [0.2, 0.25) is 0 Å². The lowest BCUT2D eigenvalue weighted by atomic mass is 10.0. The Kier molecular flexibility index (Phi) is 5.53. The van der Waals surface area contributed by atoms with Crippen molar-refractivity contribution in [1.82, 2.24) is 9.80 Å². The third-order valence-corrected chi connectivity index (χ3v) is 3.27. The molecule has 0 aromatic carbocycles. The highest BCUT2D eigenvalue weighted by molar-refractivity contribution is 4.77. The quantitative estimate of drug-likeness (QED) is 0.629. The molecule has 0 aromatic heterocycles. The highest BCUT2D eigenvalue weighted by Gasteiger charge is 2.22. The Labute approximate surface area is 93.1 Å². The first-order valence-electron chi connectivity index (χ1n) is 5.61. The number of hydrogen-bond acceptors (Lipinski definition) is 4. The van der Waals surface area contributed by atoms with E-state index in [4.69, 9.17) is 9.47 Å². The second kappa shape index (κ2) is 6.43. The van der Waals surface area contributed by atoms with E-state index in [-0.39, 0.29) is 6.29 Å². The third kappa shape index (κ3) is 4.07. The van der Waals surface area contributed by atoms with E-state index in [0.717, 1.165) is 6.54 Å². The normalized spacial score (nSPS) is 20.4. The second-order valence-electron chi connectivity index (χ2n) is 4.37. The maximum atomic E-state index is 5.21. The molecule has 0 aliphatic carbocycles. The molecule has 0 atom stereocenters. The van der Waals surface area contributed by atoms with Gasteiger partial charge in [-0.3, -0.25) is 4.90 Å². The van der Waals surface area contributed by atoms with E-state index in [1.807, 2.05) is 0 Å². The minimum Gasteiger partial charge on any atom is -0.355 e. The van der Waals surface area contributed by atoms with Crippen LogP contribution in [0.25, 0.3) is 0 Å². The first kappa shape index (κ1) is 12.9. The third-order valence-electron chi connectivity index (χ3n) is 3.27. The number of likely N-dealkylation sites (tertiary alicyclic amines) is 1. The fraction of sp³-hybridized carbons (Fsp3) is 1.00. The summed E-state index contributed by atoms with van der Waals surface area (Å²) in [6.07, 6.45) is 2.38. The lowest BCUT2D eigenvalue weighted by Crippen LogP contribution is -2.45. The van der Waals surface area contributed by atoms with Gasteiger partial charge in [-0.05, 0) is 40.0 Å². The molecular weight excluding hydrogens is 192 g/mol. The van der Waals surface area contributed by atoms with E-state index in [0.29, 0.717) is 6.04 Å². The zero-order chi connectivity index (χ0) is 11.3. The van der Waals surface area contributed by atoms with Crippen molar-refractivity contribution in [2.24, 2.45) is 0 Å². The Hall–Kier alpha value is -0.160. The van der Waals surface area contributed by atoms with Gasteiger partial charge in [-0.25, -0.2) is 0 Å². The van der Waals surface area contributed by atoms with Crippen molar-refractivity contribution >= 4 is 0 Å². The Bertz CT molecular complexity index is 166. The molecule has 1 fully saturated rings. The largest absolute Gasteiger partial charge is 0.355 e. The van der Waals surface area contributed by atoms with E-state index in [1.54, 1.807) is 14.2 Å². The summed E-state index contributed by atoms with van der Waals surface area (Å²) in [6.45, 7) is 3.24. The minimum atomic E-state index is -0.102. The maximum Gasteiger partial charge on any atom is 0.169 e. The number of rotatable bonds is 5. The van der Waals surface area contributed by atoms with Crippen LogP contribution in [0.5, 0.6) is 0 Å². The zero-order valence-corrected chi connectivity index (χ0v) is 10.4. The van der Waals surface area contributed by atoms with Gasteiger partial charge in [-0.15, -0.1) is 0 Å². The molecule has 1 rings (SSSR count). The van der Waals surface area contributed by atoms with Crippen LogP contribution < -0.4 is 0 Å². The lowest BCUT2D eigenvalue weighted by Gasteiger charge is -2.36. The number of likely N-dealkylation sites (N-methyl/N-ethyl adjacent to an activating group) is 1. The Morgan fingerprint density at radius 2 is 1.80 bits per heavy atom. The molecule has 0 unspecified atom stereocenters. The summed E-state index contributed by atoms with van der Waals surface area (Å²) in [4.78, 5) is 4.74. The smallest absolute Gasteiger partial charge is 0.169 e. The molecule has 15 heavy (non-hydrogen) atoms. The highest BCUT2D eigenvalue weighted by Crippen LogP contribution is 2.14. The van der Waals surface area contributed by atoms with Gasteiger partial charge in [-0.2, -0.15) is 0 Å². The van der Waals surface area contributed by atoms with Gasteiger partial charge in [0.05, 0.1) is 0 Å². The summed E-state index contributed by atoms with van der Waals surface area (Å²) in [5.74, 6) is 0. The molecule has 1 saturated heterocycles. The molecule has 0 N–H and O–H groups in total. The van der Waals surface area contributed by atoms with E-state index in [9.17, 15) is 0 Å². The summed E-state index contributed by atoms with van der Waals surface area (Å²) in [5.41, 5.74) is 0. The van der Waals surface area contributed by atoms with Crippen molar-refractivity contribution < 1.29 is 9.47 Å². The van der Waals surface area contributed by atoms with Gasteiger partial charge in [0.1, 0.15) is 0 Å². The van der Waals surface area contributed by atoms with E-state index in [2.05, 4.69) is 23.9 Å². The number of hydrogen-bond donors (Lipinski definition) is 0. The van der Waals surface area contributed by atoms with Crippen molar-refractivity contribution in [3.8, 4) is 0 Å². The summed E-state index contributed by atoms with van der Waals surface area (Å²) in [7, 11) is 7.72. The monoisotopic (exact) mass is 216 g/mol. The average Bonchev–Trinajstić information content (AvgIpc) is 2.26. The number of ether oxygens (including phenoxy) is 2. The zero-order valence-electron chi connectivity index (χ0n) is 10.4. The summed E-state index contributed by atoms with van der Waals surface area (Å²) >= 11 is 0. The van der Waals surface area contributed by atoms with Gasteiger partial charge in [0.15, 0.2) is 6.29 Å². The molecular formula is C11H24N2O2. The van der Waals surface area contributed by atoms with Crippen LogP contribution in [0.2, 0.25) is 0 Å². The van der Waals surface area contributed by atoms with Gasteiger partial charge >= 0.3 is 0 Å². The van der Waals surface area contributed by atoms with Gasteiger partial charge in [-0.1, -0.05) is 0 Å². The molecule has 4 nitrogen and oxygen atoms in total. The van der Waals surface area contributed by atoms with Crippen LogP contribution in [0.15, 0.2) is 0 Å². The molecule has 0 bridgehead atoms. The minimum absolute atomic E-state index is 0.102. The summed E-state index contributed by atoms with van der Waals surface area (Å²) in [6, 6.07) is 0.675. The SMILES string of the molecule is COC(CN(C)C1CCN(C)CC1)OC. The van der Waals surface area contributed by atoms with Crippen molar-refractivity contribution in [3.63, 3.8) is 0 Å². The van der Waals surface area contributed by atoms with Crippen molar-refractivity contribution in [3.05, 3.63) is 0 Å². The number of piperidine rings is 1. The first-order valence-corrected chi connectivity index (χ1v) is 5.61. The number of nitrogens with zero attached hydrogens (tertiary/aromatic N) is 2. The lowest BCUT2D eigenvalue weighted by molar-refractivity contribution is -0.119. The fourth-order valence-electron chi connectivity index (χ4n) is 2.07. The van der Waals surface area contributed by atoms with Crippen molar-refractivity contribution in [2.45, 2.75) is 25.2 Å². The average molecular weight is 216 g/mol. The van der Waals surface area contributed by atoms with Crippen LogP contribution in [-0.2, 0) is 9.47 Å². The summed E-state index contributed by atoms with van der Waals surface area (Å²) < 4.78 is 10.4. The van der Waals surface area contributed by atoms with E-state index >= 15 is 0 Å². The van der Waals surface area contributed by atoms with Crippen LogP contribution in [0.1, 0.15) is 12.8 Å². The molecule has 4 heteroatoms. The molecule has 0 aromatic rings. The molecule has 1 aliphatic rings. The topological polar surface area (TPSA) is 24.9 Å². The van der Waals surface area contributed by atoms with Crippen LogP contribution in [0.3, 0.4) is 0 Å². The van der Waals surface area contributed by atoms with Crippen LogP contribution >= 0.6 is 0 Å². The van der Waals surface area contributed by atoms with Crippen LogP contribution in [-0.4, -0.2) is 70.1 Å². The predicted octanol–water partition coefficient (Wildman–Crippen LogP) is 0.631. The fourth-order valence-corrected chi connectivity index (χ4v) is 2.07. The molecule has 0 spiro atoms. The first-order chi connectivity index (χ1) is 7.17. The molecule has 1 heterocycles. The molecule has 0 saturated carbocycles. The van der Waals surface area contributed by atoms with Gasteiger partial charge in [0, 0.05) is 26.8 Å². The molecule has 90 valence electrons. The Morgan fingerprint density at radius 1 is 1.27 bits per heavy atom. The van der Waals surface area contributed by atoms with Crippen LogP contribution in [0, 0.1) is 0 Å². The predicted molar refractivity (Wildman–Crippen MR) is 61.0 cm³/mol. The molecule has 0 amide bonds. The van der Waals surface area contributed by atoms with E-state index < -0.39 is 0 Å². The van der Waals surface area contributed by atoms with Crippen molar-refractivity contribution in [2.75, 3.05) is 47.9 Å². The van der Waals surface area contributed by atoms with Gasteiger partial charge in [0.25, 0.3) is 0 Å². The number of methoxy groups -OCH3 is 2. The summed E-state index contributed by atoms with van der Waals surface area (Å²) in [5, 5.41) is 0. The Balaban J connectivity index is 2.30.